The predicted octanol–water partition coefficient (Wildman–Crippen LogP) is 2.09. The minimum atomic E-state index is -1.35. The number of halogens is 1. The molecule has 1 rings (SSSR count). The first kappa shape index (κ1) is 7.19. The Labute approximate surface area is 59.9 Å². The second kappa shape index (κ2) is 2.37. The van der Waals surface area contributed by atoms with E-state index in [1.54, 1.807) is 18.2 Å². The van der Waals surface area contributed by atoms with E-state index in [-0.39, 0.29) is 0 Å². The van der Waals surface area contributed by atoms with Crippen molar-refractivity contribution in [2.75, 3.05) is 0 Å². The van der Waals surface area contributed by atoms with E-state index in [0.29, 0.717) is 5.69 Å². The molecular formula is C8H9FN. The smallest absolute Gasteiger partial charge is 0.147 e. The molecule has 1 heterocycles. The van der Waals surface area contributed by atoms with Crippen LogP contribution in [0, 0.1) is 6.20 Å². The first-order valence-electron chi connectivity index (χ1n) is 3.13. The number of hydrogen-bond acceptors (Lipinski definition) is 1. The van der Waals surface area contributed by atoms with Crippen LogP contribution in [0.2, 0.25) is 0 Å². The third kappa shape index (κ3) is 1.53. The predicted molar refractivity (Wildman–Crippen MR) is 37.2 cm³/mol. The minimum absolute atomic E-state index is 0.426. The SMILES string of the molecule is CC(C)(F)c1ccc[c]n1. The highest BCUT2D eigenvalue weighted by atomic mass is 19.1. The molecule has 0 atom stereocenters. The lowest BCUT2D eigenvalue weighted by Crippen LogP contribution is -2.10. The van der Waals surface area contributed by atoms with Crippen molar-refractivity contribution in [2.45, 2.75) is 19.5 Å². The summed E-state index contributed by atoms with van der Waals surface area (Å²) in [6.07, 6.45) is 2.58. The highest BCUT2D eigenvalue weighted by Crippen LogP contribution is 2.20. The summed E-state index contributed by atoms with van der Waals surface area (Å²) in [7, 11) is 0. The Morgan fingerprint density at radius 1 is 1.60 bits per heavy atom. The number of hydrogen-bond donors (Lipinski definition) is 0. The Morgan fingerprint density at radius 2 is 2.30 bits per heavy atom. The van der Waals surface area contributed by atoms with Crippen molar-refractivity contribution in [3.05, 3.63) is 30.1 Å². The summed E-state index contributed by atoms with van der Waals surface area (Å²) in [6.45, 7) is 2.95. The highest BCUT2D eigenvalue weighted by Gasteiger charge is 2.19. The van der Waals surface area contributed by atoms with Gasteiger partial charge in [0.05, 0.1) is 11.9 Å². The molecule has 0 aromatic carbocycles. The fraction of sp³-hybridized carbons (Fsp3) is 0.375. The molecule has 0 spiro atoms. The van der Waals surface area contributed by atoms with E-state index in [4.69, 9.17) is 0 Å². The van der Waals surface area contributed by atoms with E-state index in [1.165, 1.54) is 13.8 Å². The maximum Gasteiger partial charge on any atom is 0.147 e. The molecule has 0 saturated carbocycles. The molecule has 0 saturated heterocycles. The van der Waals surface area contributed by atoms with Gasteiger partial charge in [-0.25, -0.2) is 9.37 Å². The molecule has 0 bridgehead atoms. The number of rotatable bonds is 1. The van der Waals surface area contributed by atoms with Gasteiger partial charge in [0, 0.05) is 0 Å². The lowest BCUT2D eigenvalue weighted by molar-refractivity contribution is 0.214. The molecule has 0 aliphatic rings. The average molecular weight is 138 g/mol. The fourth-order valence-electron chi connectivity index (χ4n) is 0.657. The fourth-order valence-corrected chi connectivity index (χ4v) is 0.657. The summed E-state index contributed by atoms with van der Waals surface area (Å²) in [5.41, 5.74) is -0.924. The van der Waals surface area contributed by atoms with E-state index in [9.17, 15) is 4.39 Å². The van der Waals surface area contributed by atoms with Crippen LogP contribution >= 0.6 is 0 Å². The normalized spacial score (nSPS) is 11.5. The monoisotopic (exact) mass is 138 g/mol. The highest BCUT2D eigenvalue weighted by molar-refractivity contribution is 5.09. The van der Waals surface area contributed by atoms with Gasteiger partial charge >= 0.3 is 0 Å². The summed E-state index contributed by atoms with van der Waals surface area (Å²) in [4.78, 5) is 3.75. The number of alkyl halides is 1. The van der Waals surface area contributed by atoms with Crippen LogP contribution in [0.15, 0.2) is 18.2 Å². The Morgan fingerprint density at radius 3 is 2.60 bits per heavy atom. The molecular weight excluding hydrogens is 129 g/mol. The summed E-state index contributed by atoms with van der Waals surface area (Å²) in [6, 6.07) is 5.02. The maximum atomic E-state index is 13.0. The van der Waals surface area contributed by atoms with Gasteiger partial charge in [0.25, 0.3) is 0 Å². The van der Waals surface area contributed by atoms with Gasteiger partial charge in [-0.1, -0.05) is 6.07 Å². The van der Waals surface area contributed by atoms with E-state index >= 15 is 0 Å². The van der Waals surface area contributed by atoms with Crippen molar-refractivity contribution in [3.63, 3.8) is 0 Å². The zero-order valence-corrected chi connectivity index (χ0v) is 6.06. The van der Waals surface area contributed by atoms with Crippen molar-refractivity contribution in [1.82, 2.24) is 4.98 Å². The molecule has 1 aromatic heterocycles. The summed E-state index contributed by atoms with van der Waals surface area (Å²) in [5.74, 6) is 0. The third-order valence-corrected chi connectivity index (χ3v) is 1.22. The molecule has 0 amide bonds. The zero-order valence-electron chi connectivity index (χ0n) is 6.06. The van der Waals surface area contributed by atoms with Gasteiger partial charge in [0.2, 0.25) is 0 Å². The van der Waals surface area contributed by atoms with Gasteiger partial charge in [-0.3, -0.25) is 0 Å². The van der Waals surface area contributed by atoms with Crippen molar-refractivity contribution < 1.29 is 4.39 Å². The van der Waals surface area contributed by atoms with E-state index in [2.05, 4.69) is 11.2 Å². The first-order valence-corrected chi connectivity index (χ1v) is 3.13. The largest absolute Gasteiger partial charge is 0.248 e. The van der Waals surface area contributed by atoms with Gasteiger partial charge < -0.3 is 0 Å². The van der Waals surface area contributed by atoms with Crippen molar-refractivity contribution in [3.8, 4) is 0 Å². The molecule has 10 heavy (non-hydrogen) atoms. The van der Waals surface area contributed by atoms with Crippen molar-refractivity contribution in [2.24, 2.45) is 0 Å². The van der Waals surface area contributed by atoms with Crippen LogP contribution in [0.5, 0.6) is 0 Å². The molecule has 0 aliphatic heterocycles. The Kier molecular flexibility index (Phi) is 1.70. The van der Waals surface area contributed by atoms with Crippen molar-refractivity contribution in [1.29, 1.82) is 0 Å². The van der Waals surface area contributed by atoms with Crippen molar-refractivity contribution >= 4 is 0 Å². The molecule has 1 radical (unpaired) electrons. The molecule has 1 nitrogen and oxygen atoms in total. The summed E-state index contributed by atoms with van der Waals surface area (Å²) >= 11 is 0. The first-order chi connectivity index (χ1) is 4.61. The van der Waals surface area contributed by atoms with Crippen LogP contribution in [0.4, 0.5) is 4.39 Å². The van der Waals surface area contributed by atoms with E-state index < -0.39 is 5.67 Å². The maximum absolute atomic E-state index is 13.0. The Bertz CT molecular complexity index is 200. The number of nitrogens with zero attached hydrogens (tertiary/aromatic N) is 1. The van der Waals surface area contributed by atoms with E-state index in [1.807, 2.05) is 0 Å². The van der Waals surface area contributed by atoms with Gasteiger partial charge in [0.15, 0.2) is 0 Å². The topological polar surface area (TPSA) is 12.9 Å². The molecule has 2 heteroatoms. The average Bonchev–Trinajstić information content (AvgIpc) is 1.88. The van der Waals surface area contributed by atoms with Gasteiger partial charge in [-0.2, -0.15) is 0 Å². The van der Waals surface area contributed by atoms with Gasteiger partial charge in [0.1, 0.15) is 5.67 Å². The van der Waals surface area contributed by atoms with Crippen LogP contribution in [0.25, 0.3) is 0 Å². The van der Waals surface area contributed by atoms with Crippen LogP contribution in [-0.2, 0) is 5.67 Å². The summed E-state index contributed by atoms with van der Waals surface area (Å²) in [5, 5.41) is 0. The second-order valence-corrected chi connectivity index (χ2v) is 2.62. The zero-order chi connectivity index (χ0) is 7.61. The van der Waals surface area contributed by atoms with E-state index in [0.717, 1.165) is 0 Å². The second-order valence-electron chi connectivity index (χ2n) is 2.62. The van der Waals surface area contributed by atoms with Gasteiger partial charge in [-0.15, -0.1) is 0 Å². The molecule has 0 fully saturated rings. The molecule has 0 aliphatic carbocycles. The van der Waals surface area contributed by atoms with Gasteiger partial charge in [-0.05, 0) is 26.0 Å². The van der Waals surface area contributed by atoms with Crippen LogP contribution in [0.1, 0.15) is 19.5 Å². The van der Waals surface area contributed by atoms with Crippen LogP contribution in [0.3, 0.4) is 0 Å². The molecule has 1 aromatic rings. The third-order valence-electron chi connectivity index (χ3n) is 1.22. The lowest BCUT2D eigenvalue weighted by atomic mass is 10.1. The molecule has 0 unspecified atom stereocenters. The quantitative estimate of drug-likeness (QED) is 0.579. The molecule has 53 valence electrons. The lowest BCUT2D eigenvalue weighted by Gasteiger charge is -2.11. The van der Waals surface area contributed by atoms with Crippen LogP contribution in [-0.4, -0.2) is 4.98 Å². The minimum Gasteiger partial charge on any atom is -0.248 e. The number of pyridine rings is 1. The summed E-state index contributed by atoms with van der Waals surface area (Å²) < 4.78 is 13.0. The Hall–Kier alpha value is -0.920. The molecule has 0 N–H and O–H groups in total. The van der Waals surface area contributed by atoms with Crippen LogP contribution < -0.4 is 0 Å². The standard InChI is InChI=1S/C8H9FN/c1-8(2,9)7-5-3-4-6-10-7/h3-5H,1-2H3. The Balaban J connectivity index is 2.97. The number of aromatic nitrogens is 1.